The summed E-state index contributed by atoms with van der Waals surface area (Å²) in [6, 6.07) is -0.863. The Morgan fingerprint density at radius 1 is 1.86 bits per heavy atom. The van der Waals surface area contributed by atoms with Gasteiger partial charge in [0.1, 0.15) is 12.3 Å². The minimum absolute atomic E-state index is 0.263. The molecule has 1 heterocycles. The van der Waals surface area contributed by atoms with Crippen LogP contribution < -0.4 is 5.73 Å². The van der Waals surface area contributed by atoms with Crippen molar-refractivity contribution in [3.63, 3.8) is 0 Å². The molecule has 0 amide bonds. The molecule has 78 valence electrons. The van der Waals surface area contributed by atoms with Crippen molar-refractivity contribution in [1.82, 2.24) is 9.97 Å². The quantitative estimate of drug-likeness (QED) is 0.572. The lowest BCUT2D eigenvalue weighted by Crippen LogP contribution is -2.32. The van der Waals surface area contributed by atoms with Crippen molar-refractivity contribution >= 4 is 12.3 Å². The van der Waals surface area contributed by atoms with Gasteiger partial charge in [0.25, 0.3) is 0 Å². The van der Waals surface area contributed by atoms with E-state index in [0.717, 1.165) is 6.29 Å². The van der Waals surface area contributed by atoms with Crippen LogP contribution in [0.1, 0.15) is 12.6 Å². The van der Waals surface area contributed by atoms with Crippen molar-refractivity contribution in [2.45, 2.75) is 19.4 Å². The highest BCUT2D eigenvalue weighted by atomic mass is 16.4. The van der Waals surface area contributed by atoms with Gasteiger partial charge >= 0.3 is 5.97 Å². The van der Waals surface area contributed by atoms with Crippen LogP contribution in [-0.4, -0.2) is 33.4 Å². The molecule has 0 bridgehead atoms. The fraction of sp³-hybridized carbons (Fsp3) is 0.375. The summed E-state index contributed by atoms with van der Waals surface area (Å²) in [4.78, 5) is 25.6. The summed E-state index contributed by atoms with van der Waals surface area (Å²) >= 11 is 0. The topological polar surface area (TPSA) is 109 Å². The lowest BCUT2D eigenvalue weighted by molar-refractivity contribution is -0.138. The zero-order valence-electron chi connectivity index (χ0n) is 7.80. The first-order valence-corrected chi connectivity index (χ1v) is 3.97. The molecule has 4 N–H and O–H groups in total. The number of carboxylic acid groups (broad SMARTS) is 1. The molecule has 6 nitrogen and oxygen atoms in total. The average Bonchev–Trinajstić information content (AvgIpc) is 2.58. The van der Waals surface area contributed by atoms with Crippen molar-refractivity contribution in [3.8, 4) is 0 Å². The summed E-state index contributed by atoms with van der Waals surface area (Å²) in [5.74, 6) is -1.01. The van der Waals surface area contributed by atoms with Gasteiger partial charge in [0.05, 0.1) is 12.0 Å². The van der Waals surface area contributed by atoms with Gasteiger partial charge in [-0.05, 0) is 6.92 Å². The molecule has 0 radical (unpaired) electrons. The van der Waals surface area contributed by atoms with E-state index in [-0.39, 0.29) is 6.42 Å². The molecule has 14 heavy (non-hydrogen) atoms. The Morgan fingerprint density at radius 3 is 2.79 bits per heavy atom. The van der Waals surface area contributed by atoms with Crippen LogP contribution in [0.15, 0.2) is 12.5 Å². The molecular formula is C8H13N3O3. The molecule has 1 atom stereocenters. The van der Waals surface area contributed by atoms with Crippen LogP contribution in [0.25, 0.3) is 0 Å². The van der Waals surface area contributed by atoms with E-state index in [1.807, 2.05) is 0 Å². The fourth-order valence-corrected chi connectivity index (χ4v) is 0.715. The van der Waals surface area contributed by atoms with Gasteiger partial charge in [-0.2, -0.15) is 0 Å². The maximum atomic E-state index is 10.3. The predicted molar refractivity (Wildman–Crippen MR) is 49.6 cm³/mol. The summed E-state index contributed by atoms with van der Waals surface area (Å²) in [6.07, 6.45) is 4.13. The van der Waals surface area contributed by atoms with Gasteiger partial charge in [-0.3, -0.25) is 4.79 Å². The number of aliphatic carboxylic acids is 1. The number of imidazole rings is 1. The van der Waals surface area contributed by atoms with Crippen molar-refractivity contribution in [2.24, 2.45) is 5.73 Å². The van der Waals surface area contributed by atoms with E-state index >= 15 is 0 Å². The van der Waals surface area contributed by atoms with E-state index in [1.165, 1.54) is 13.3 Å². The Kier molecular flexibility index (Phi) is 5.97. The Labute approximate surface area is 81.1 Å². The lowest BCUT2D eigenvalue weighted by Gasteiger charge is -2.01. The van der Waals surface area contributed by atoms with E-state index < -0.39 is 12.0 Å². The lowest BCUT2D eigenvalue weighted by atomic mass is 10.2. The zero-order chi connectivity index (χ0) is 11.0. The number of carboxylic acids is 1. The number of aldehydes is 1. The Hall–Kier alpha value is -1.69. The molecule has 6 heteroatoms. The Bertz CT molecular complexity index is 271. The average molecular weight is 199 g/mol. The molecule has 0 aliphatic heterocycles. The first kappa shape index (κ1) is 12.3. The van der Waals surface area contributed by atoms with Crippen molar-refractivity contribution < 1.29 is 14.7 Å². The first-order chi connectivity index (χ1) is 6.61. The fourth-order valence-electron chi connectivity index (χ4n) is 0.715. The monoisotopic (exact) mass is 199 g/mol. The second-order valence-electron chi connectivity index (χ2n) is 2.45. The van der Waals surface area contributed by atoms with Gasteiger partial charge in [0.15, 0.2) is 0 Å². The molecule has 1 rings (SSSR count). The number of aromatic amines is 1. The molecule has 1 aromatic heterocycles. The number of nitrogens with two attached hydrogens (primary N) is 1. The molecule has 0 spiro atoms. The van der Waals surface area contributed by atoms with Crippen LogP contribution in [0.3, 0.4) is 0 Å². The van der Waals surface area contributed by atoms with Gasteiger partial charge < -0.3 is 20.6 Å². The molecule has 0 fully saturated rings. The van der Waals surface area contributed by atoms with Crippen LogP contribution >= 0.6 is 0 Å². The molecule has 0 aliphatic rings. The van der Waals surface area contributed by atoms with Crippen LogP contribution in [0.2, 0.25) is 0 Å². The highest BCUT2D eigenvalue weighted by Crippen LogP contribution is 1.95. The van der Waals surface area contributed by atoms with Gasteiger partial charge in [-0.25, -0.2) is 4.98 Å². The number of H-pyrrole nitrogens is 1. The number of aromatic nitrogens is 2. The Balaban J connectivity index is 0.000000500. The largest absolute Gasteiger partial charge is 0.480 e. The highest BCUT2D eigenvalue weighted by Gasteiger charge is 2.12. The Morgan fingerprint density at radius 2 is 2.43 bits per heavy atom. The van der Waals surface area contributed by atoms with Crippen molar-refractivity contribution in [2.75, 3.05) is 0 Å². The SMILES string of the molecule is CC=O.N[C@@H](Cc1c[nH]cn1)C(=O)O. The molecule has 1 aromatic rings. The molecule has 0 aliphatic carbocycles. The molecule has 0 saturated carbocycles. The van der Waals surface area contributed by atoms with Gasteiger partial charge in [0.2, 0.25) is 0 Å². The number of carbonyl (C=O) groups is 2. The van der Waals surface area contributed by atoms with E-state index in [9.17, 15) is 4.79 Å². The number of nitrogens with zero attached hydrogens (tertiary/aromatic N) is 1. The van der Waals surface area contributed by atoms with Crippen molar-refractivity contribution in [3.05, 3.63) is 18.2 Å². The smallest absolute Gasteiger partial charge is 0.320 e. The molecule has 0 saturated heterocycles. The maximum absolute atomic E-state index is 10.3. The van der Waals surface area contributed by atoms with E-state index in [1.54, 1.807) is 6.20 Å². The van der Waals surface area contributed by atoms with E-state index in [2.05, 4.69) is 9.97 Å². The molecular weight excluding hydrogens is 186 g/mol. The van der Waals surface area contributed by atoms with E-state index in [0.29, 0.717) is 5.69 Å². The van der Waals surface area contributed by atoms with E-state index in [4.69, 9.17) is 15.6 Å². The minimum atomic E-state index is -1.01. The van der Waals surface area contributed by atoms with Gasteiger partial charge in [-0.15, -0.1) is 0 Å². The second-order valence-corrected chi connectivity index (χ2v) is 2.45. The maximum Gasteiger partial charge on any atom is 0.320 e. The molecule has 0 unspecified atom stereocenters. The summed E-state index contributed by atoms with van der Waals surface area (Å²) in [5.41, 5.74) is 5.92. The van der Waals surface area contributed by atoms with Gasteiger partial charge in [-0.1, -0.05) is 0 Å². The third-order valence-corrected chi connectivity index (χ3v) is 1.30. The summed E-state index contributed by atoms with van der Waals surface area (Å²) in [7, 11) is 0. The van der Waals surface area contributed by atoms with Gasteiger partial charge in [0, 0.05) is 12.6 Å². The standard InChI is InChI=1S/C6H9N3O2.C2H4O/c7-5(6(10)11)1-4-2-8-3-9-4;1-2-3/h2-3,5H,1,7H2,(H,8,9)(H,10,11);2H,1H3/t5-;/m0./s1. The second kappa shape index (κ2) is 6.79. The number of hydrogen-bond donors (Lipinski definition) is 3. The normalized spacial score (nSPS) is 11.0. The third-order valence-electron chi connectivity index (χ3n) is 1.30. The minimum Gasteiger partial charge on any atom is -0.480 e. The summed E-state index contributed by atoms with van der Waals surface area (Å²) in [6.45, 7) is 1.44. The predicted octanol–water partition coefficient (Wildman–Crippen LogP) is -0.431. The van der Waals surface area contributed by atoms with Crippen LogP contribution in [0, 0.1) is 0 Å². The summed E-state index contributed by atoms with van der Waals surface area (Å²) < 4.78 is 0. The number of carbonyl (C=O) groups excluding carboxylic acids is 1. The summed E-state index contributed by atoms with van der Waals surface area (Å²) in [5, 5.41) is 8.42. The van der Waals surface area contributed by atoms with Crippen molar-refractivity contribution in [1.29, 1.82) is 0 Å². The zero-order valence-corrected chi connectivity index (χ0v) is 7.80. The van der Waals surface area contributed by atoms with Crippen LogP contribution in [0.4, 0.5) is 0 Å². The highest BCUT2D eigenvalue weighted by molar-refractivity contribution is 5.73. The number of rotatable bonds is 3. The van der Waals surface area contributed by atoms with Crippen LogP contribution in [0.5, 0.6) is 0 Å². The number of hydrogen-bond acceptors (Lipinski definition) is 4. The number of nitrogens with one attached hydrogen (secondary N) is 1. The van der Waals surface area contributed by atoms with Crippen LogP contribution in [-0.2, 0) is 16.0 Å². The first-order valence-electron chi connectivity index (χ1n) is 3.97. The molecule has 0 aromatic carbocycles. The third kappa shape index (κ3) is 5.04.